The van der Waals surface area contributed by atoms with Gasteiger partial charge in [0.05, 0.1) is 6.16 Å². The maximum atomic E-state index is 12.4. The zero-order valence-electron chi connectivity index (χ0n) is 30.0. The quantitative estimate of drug-likeness (QED) is 0.0729. The number of aliphatic hydroxyl groups is 1. The molecule has 1 aliphatic rings. The molecule has 256 valence electrons. The van der Waals surface area contributed by atoms with E-state index in [0.29, 0.717) is 23.1 Å². The topological polar surface area (TPSA) is 71.4 Å². The summed E-state index contributed by atoms with van der Waals surface area (Å²) >= 11 is 0. The number of carbonyl (C=O) groups excluding carboxylic acids is 3. The summed E-state index contributed by atoms with van der Waals surface area (Å²) in [6, 6.07) is 32.7. The van der Waals surface area contributed by atoms with E-state index in [1.54, 1.807) is 38.2 Å². The minimum atomic E-state index is -1.93. The molecule has 3 aromatic carbocycles. The van der Waals surface area contributed by atoms with Crippen LogP contribution in [0.2, 0.25) is 0 Å². The Labute approximate surface area is 294 Å². The molecule has 0 radical (unpaired) electrons. The minimum Gasteiger partial charge on any atom is -0.385 e. The van der Waals surface area contributed by atoms with E-state index >= 15 is 0 Å². The van der Waals surface area contributed by atoms with Crippen LogP contribution in [0.1, 0.15) is 48.0 Å². The molecule has 1 N–H and O–H groups in total. The maximum Gasteiger partial charge on any atom is 0.187 e. The summed E-state index contributed by atoms with van der Waals surface area (Å²) in [5.41, 5.74) is 3.91. The van der Waals surface area contributed by atoms with Gasteiger partial charge in [-0.1, -0.05) is 110 Å². The van der Waals surface area contributed by atoms with E-state index in [4.69, 9.17) is 0 Å². The molecular formula is C44H51O4P. The molecule has 4 nitrogen and oxygen atoms in total. The van der Waals surface area contributed by atoms with Crippen molar-refractivity contribution < 1.29 is 19.5 Å². The number of carbonyl (C=O) groups is 3. The smallest absolute Gasteiger partial charge is 0.187 e. The Balaban J connectivity index is 0.000000550. The van der Waals surface area contributed by atoms with Gasteiger partial charge in [-0.3, -0.25) is 14.4 Å². The van der Waals surface area contributed by atoms with E-state index in [-0.39, 0.29) is 18.6 Å². The second-order valence-electron chi connectivity index (χ2n) is 12.7. The van der Waals surface area contributed by atoms with E-state index in [0.717, 1.165) is 29.9 Å². The highest BCUT2D eigenvalue weighted by Crippen LogP contribution is 2.55. The lowest BCUT2D eigenvalue weighted by Gasteiger charge is -2.34. The van der Waals surface area contributed by atoms with Gasteiger partial charge in [0.1, 0.15) is 41.9 Å². The second kappa shape index (κ2) is 19.5. The molecule has 0 fully saturated rings. The van der Waals surface area contributed by atoms with Crippen molar-refractivity contribution in [1.29, 1.82) is 0 Å². The van der Waals surface area contributed by atoms with Gasteiger partial charge in [0.15, 0.2) is 5.78 Å². The molecule has 0 aromatic heterocycles. The van der Waals surface area contributed by atoms with Crippen LogP contribution in [0.25, 0.3) is 0 Å². The summed E-state index contributed by atoms with van der Waals surface area (Å²) in [6.45, 7) is 11.6. The van der Waals surface area contributed by atoms with Crippen LogP contribution >= 0.6 is 7.26 Å². The van der Waals surface area contributed by atoms with Gasteiger partial charge in [-0.15, -0.1) is 0 Å². The highest BCUT2D eigenvalue weighted by atomic mass is 31.2. The Morgan fingerprint density at radius 3 is 1.55 bits per heavy atom. The van der Waals surface area contributed by atoms with E-state index < -0.39 is 13.4 Å². The van der Waals surface area contributed by atoms with Gasteiger partial charge in [0.2, 0.25) is 0 Å². The van der Waals surface area contributed by atoms with Crippen LogP contribution in [0.3, 0.4) is 0 Å². The summed E-state index contributed by atoms with van der Waals surface area (Å²) < 4.78 is 0. The number of benzene rings is 3. The fraction of sp³-hybridized carbons (Fsp3) is 0.227. The number of allylic oxidation sites excluding steroid dienone is 11. The first-order valence-electron chi connectivity index (χ1n) is 16.2. The molecule has 5 heteroatoms. The van der Waals surface area contributed by atoms with Crippen LogP contribution in [0, 0.1) is 12.8 Å². The molecule has 1 atom stereocenters. The average Bonchev–Trinajstić information content (AvgIpc) is 3.10. The van der Waals surface area contributed by atoms with Crippen molar-refractivity contribution in [3.8, 4) is 0 Å². The first kappa shape index (κ1) is 40.7. The van der Waals surface area contributed by atoms with Crippen molar-refractivity contribution in [2.24, 2.45) is 5.41 Å². The predicted molar refractivity (Wildman–Crippen MR) is 210 cm³/mol. The monoisotopic (exact) mass is 674 g/mol. The summed E-state index contributed by atoms with van der Waals surface area (Å²) in [4.78, 5) is 32.7. The number of aldehydes is 2. The van der Waals surface area contributed by atoms with Gasteiger partial charge in [-0.05, 0) is 104 Å². The van der Waals surface area contributed by atoms with Gasteiger partial charge < -0.3 is 12.5 Å². The molecule has 0 saturated carbocycles. The Kier molecular flexibility index (Phi) is 16.2. The molecule has 0 heterocycles. The van der Waals surface area contributed by atoms with Crippen molar-refractivity contribution >= 4 is 41.5 Å². The van der Waals surface area contributed by atoms with Crippen molar-refractivity contribution in [1.82, 2.24) is 0 Å². The van der Waals surface area contributed by atoms with Crippen molar-refractivity contribution in [2.45, 2.75) is 54.1 Å². The Hall–Kier alpha value is -4.50. The number of ketones is 1. The molecule has 49 heavy (non-hydrogen) atoms. The molecule has 0 saturated heterocycles. The molecule has 1 aliphatic carbocycles. The van der Waals surface area contributed by atoms with Gasteiger partial charge in [0, 0.05) is 0 Å². The Morgan fingerprint density at radius 1 is 0.755 bits per heavy atom. The van der Waals surface area contributed by atoms with Crippen molar-refractivity contribution in [2.75, 3.05) is 6.16 Å². The van der Waals surface area contributed by atoms with Crippen LogP contribution in [0.15, 0.2) is 161 Å². The van der Waals surface area contributed by atoms with E-state index in [1.165, 1.54) is 15.9 Å². The normalized spacial score (nSPS) is 17.0. The fourth-order valence-electron chi connectivity index (χ4n) is 5.79. The summed E-state index contributed by atoms with van der Waals surface area (Å²) in [5, 5.41) is 14.3. The highest BCUT2D eigenvalue weighted by molar-refractivity contribution is 7.95. The lowest BCUT2D eigenvalue weighted by molar-refractivity contribution is -0.125. The predicted octanol–water partition coefficient (Wildman–Crippen LogP) is 8.44. The Morgan fingerprint density at radius 2 is 1.16 bits per heavy atom. The molecular weight excluding hydrogens is 623 g/mol. The molecule has 0 spiro atoms. The molecule has 1 unspecified atom stereocenters. The third-order valence-corrected chi connectivity index (χ3v) is 12.8. The minimum absolute atomic E-state index is 0. The van der Waals surface area contributed by atoms with E-state index in [2.05, 4.69) is 130 Å². The average molecular weight is 675 g/mol. The summed E-state index contributed by atoms with van der Waals surface area (Å²) in [7, 11) is -1.93. The number of Topliss-reactive ketones (excluding diaryl/α,β-unsaturated/α-hetero) is 1. The third-order valence-electron chi connectivity index (χ3n) is 8.50. The highest BCUT2D eigenvalue weighted by Gasteiger charge is 2.44. The first-order valence-corrected chi connectivity index (χ1v) is 18.2. The number of rotatable bonds is 11. The van der Waals surface area contributed by atoms with Gasteiger partial charge in [-0.25, -0.2) is 0 Å². The van der Waals surface area contributed by atoms with E-state index in [1.807, 2.05) is 6.92 Å². The van der Waals surface area contributed by atoms with Crippen molar-refractivity contribution in [3.05, 3.63) is 169 Å². The Bertz CT molecular complexity index is 1600. The van der Waals surface area contributed by atoms with Crippen LogP contribution in [-0.2, 0) is 14.4 Å². The molecule has 4 rings (SSSR count). The van der Waals surface area contributed by atoms with Crippen LogP contribution in [-0.4, -0.2) is 35.7 Å². The zero-order chi connectivity index (χ0) is 35.2. The third kappa shape index (κ3) is 11.0. The van der Waals surface area contributed by atoms with Crippen molar-refractivity contribution in [3.63, 3.8) is 0 Å². The van der Waals surface area contributed by atoms with Gasteiger partial charge in [-0.2, -0.15) is 0 Å². The molecule has 0 amide bonds. The van der Waals surface area contributed by atoms with Gasteiger partial charge in [0.25, 0.3) is 0 Å². The summed E-state index contributed by atoms with van der Waals surface area (Å²) in [6.07, 6.45) is 15.4. The fourth-order valence-corrected chi connectivity index (χ4v) is 9.93. The number of hydrogen-bond donors (Lipinski definition) is 1. The molecule has 0 aliphatic heterocycles. The van der Waals surface area contributed by atoms with Crippen LogP contribution < -0.4 is 15.9 Å². The zero-order valence-corrected chi connectivity index (χ0v) is 30.9. The van der Waals surface area contributed by atoms with Crippen LogP contribution in [0.5, 0.6) is 0 Å². The summed E-state index contributed by atoms with van der Waals surface area (Å²) in [5.74, 6) is -0.155. The lowest BCUT2D eigenvalue weighted by Crippen LogP contribution is -2.35. The standard InChI is InChI=1S/C33H36O2P.C10H12O2.CH3/c1-25(20-21-30-26(2)32(35)31(34)24-33(30,3)4)22-23-36(27-14-8-5-9-15-27,28-16-10-6-11-17-28)29-18-12-7-13-19-29;1-9(7-11)5-3-4-6-10(2)8-12;/h5-22,31,34H,23-24H2,1-4H3;3-8H,1-2H3;1H3/q+1;;-1/b21-20+,25-22+;4-3+,9-5+,10-6+;. The van der Waals surface area contributed by atoms with E-state index in [9.17, 15) is 19.5 Å². The molecule has 0 bridgehead atoms. The first-order chi connectivity index (χ1) is 23.0. The molecule has 3 aromatic rings. The maximum absolute atomic E-state index is 12.4. The number of hydrogen-bond acceptors (Lipinski definition) is 4. The SMILES string of the molecule is CC1=C(/C=C/C(C)=C/C[P+](c2ccccc2)(c2ccccc2)c2ccccc2)C(C)(C)CC(O)C1=O.C\C(C=O)=C/C=C/C=C(\C)C=O.[CH3-]. The van der Waals surface area contributed by atoms with Gasteiger partial charge >= 0.3 is 0 Å². The lowest BCUT2D eigenvalue weighted by atomic mass is 9.71. The second-order valence-corrected chi connectivity index (χ2v) is 16.3. The number of aliphatic hydroxyl groups excluding tert-OH is 1. The largest absolute Gasteiger partial charge is 0.385 e. The van der Waals surface area contributed by atoms with Crippen LogP contribution in [0.4, 0.5) is 0 Å².